The Labute approximate surface area is 191 Å². The van der Waals surface area contributed by atoms with Crippen LogP contribution in [0.2, 0.25) is 0 Å². The van der Waals surface area contributed by atoms with Gasteiger partial charge in [-0.25, -0.2) is 13.4 Å². The molecular weight excluding hydrogens is 472 g/mol. The highest BCUT2D eigenvalue weighted by molar-refractivity contribution is 7.91. The van der Waals surface area contributed by atoms with Crippen molar-refractivity contribution in [2.75, 3.05) is 5.32 Å². The normalized spacial score (nSPS) is 11.8. The average Bonchev–Trinajstić information content (AvgIpc) is 3.13. The molecule has 7 nitrogen and oxygen atoms in total. The zero-order chi connectivity index (χ0) is 23.8. The Kier molecular flexibility index (Phi) is 6.09. The molecule has 4 aromatic rings. The fraction of sp³-hybridized carbons (Fsp3) is 0.136. The number of hydrogen-bond donors (Lipinski definition) is 1. The lowest BCUT2D eigenvalue weighted by Crippen LogP contribution is -2.27. The lowest BCUT2D eigenvalue weighted by Gasteiger charge is -2.08. The predicted octanol–water partition coefficient (Wildman–Crippen LogP) is 4.07. The first-order valence-electron chi connectivity index (χ1n) is 9.64. The molecule has 2 heterocycles. The summed E-state index contributed by atoms with van der Waals surface area (Å²) in [6, 6.07) is 14.0. The van der Waals surface area contributed by atoms with E-state index in [1.807, 2.05) is 37.3 Å². The summed E-state index contributed by atoms with van der Waals surface area (Å²) >= 11 is 1.40. The van der Waals surface area contributed by atoms with Crippen LogP contribution < -0.4 is 10.9 Å². The van der Waals surface area contributed by atoms with Crippen molar-refractivity contribution in [1.29, 1.82) is 0 Å². The van der Waals surface area contributed by atoms with Crippen LogP contribution in [0, 0.1) is 6.92 Å². The summed E-state index contributed by atoms with van der Waals surface area (Å²) in [6.07, 6.45) is 1.30. The van der Waals surface area contributed by atoms with E-state index in [-0.39, 0.29) is 17.8 Å². The van der Waals surface area contributed by atoms with Gasteiger partial charge in [0.05, 0.1) is 16.6 Å². The van der Waals surface area contributed by atoms with Gasteiger partial charge in [0.25, 0.3) is 5.56 Å². The maximum absolute atomic E-state index is 13.0. The number of thiophene rings is 1. The highest BCUT2D eigenvalue weighted by Crippen LogP contribution is 2.35. The number of fused-ring (bicyclic) bond motifs is 1. The molecular formula is C22H17F2N3O4S2. The largest absolute Gasteiger partial charge is 0.341 e. The molecule has 4 rings (SSSR count). The molecule has 0 fully saturated rings. The number of aryl methyl sites for hydroxylation is 1. The lowest BCUT2D eigenvalue weighted by molar-refractivity contribution is -0.116. The number of nitrogens with one attached hydrogen (secondary N) is 1. The number of carbonyl (C=O) groups is 1. The Morgan fingerprint density at radius 2 is 1.79 bits per heavy atom. The minimum atomic E-state index is -4.72. The van der Waals surface area contributed by atoms with Gasteiger partial charge in [-0.15, -0.1) is 11.3 Å². The van der Waals surface area contributed by atoms with Crippen LogP contribution >= 0.6 is 11.3 Å². The Balaban J connectivity index is 1.56. The molecule has 0 spiro atoms. The first-order chi connectivity index (χ1) is 15.7. The SMILES string of the molecule is Cc1c(-c2ccccc2)sc2ncn(CC(=O)Nc3ccc(S(=O)(=O)C(F)F)cc3)c(=O)c12. The topological polar surface area (TPSA) is 98.1 Å². The fourth-order valence-corrected chi connectivity index (χ4v) is 5.19. The number of sulfone groups is 1. The summed E-state index contributed by atoms with van der Waals surface area (Å²) in [5, 5.41) is 2.95. The van der Waals surface area contributed by atoms with E-state index >= 15 is 0 Å². The third kappa shape index (κ3) is 4.41. The van der Waals surface area contributed by atoms with Crippen LogP contribution in [-0.4, -0.2) is 29.6 Å². The molecule has 1 N–H and O–H groups in total. The number of amides is 1. The van der Waals surface area contributed by atoms with Crippen molar-refractivity contribution in [1.82, 2.24) is 9.55 Å². The highest BCUT2D eigenvalue weighted by atomic mass is 32.2. The Hall–Kier alpha value is -3.44. The molecule has 11 heteroatoms. The number of anilines is 1. The van der Waals surface area contributed by atoms with E-state index in [4.69, 9.17) is 0 Å². The van der Waals surface area contributed by atoms with Crippen molar-refractivity contribution in [2.45, 2.75) is 24.1 Å². The Morgan fingerprint density at radius 1 is 1.12 bits per heavy atom. The number of benzene rings is 2. The van der Waals surface area contributed by atoms with Gasteiger partial charge >= 0.3 is 5.76 Å². The van der Waals surface area contributed by atoms with Gasteiger partial charge in [0, 0.05) is 10.6 Å². The van der Waals surface area contributed by atoms with Crippen LogP contribution in [0.4, 0.5) is 14.5 Å². The molecule has 0 saturated heterocycles. The summed E-state index contributed by atoms with van der Waals surface area (Å²) in [7, 11) is -4.72. The molecule has 0 radical (unpaired) electrons. The molecule has 0 unspecified atom stereocenters. The first-order valence-corrected chi connectivity index (χ1v) is 12.0. The summed E-state index contributed by atoms with van der Waals surface area (Å²) < 4.78 is 49.4. The summed E-state index contributed by atoms with van der Waals surface area (Å²) in [5.41, 5.74) is 1.60. The molecule has 0 aliphatic heterocycles. The van der Waals surface area contributed by atoms with Gasteiger partial charge in [-0.1, -0.05) is 30.3 Å². The molecule has 0 atom stereocenters. The van der Waals surface area contributed by atoms with Gasteiger partial charge in [0.15, 0.2) is 0 Å². The molecule has 1 amide bonds. The monoisotopic (exact) mass is 489 g/mol. The molecule has 0 bridgehead atoms. The molecule has 170 valence electrons. The molecule has 33 heavy (non-hydrogen) atoms. The van der Waals surface area contributed by atoms with Gasteiger partial charge in [0.2, 0.25) is 15.7 Å². The number of aromatic nitrogens is 2. The van der Waals surface area contributed by atoms with Crippen LogP contribution in [0.3, 0.4) is 0 Å². The van der Waals surface area contributed by atoms with E-state index < -0.39 is 26.4 Å². The zero-order valence-electron chi connectivity index (χ0n) is 17.2. The van der Waals surface area contributed by atoms with Crippen molar-refractivity contribution in [3.8, 4) is 10.4 Å². The average molecular weight is 490 g/mol. The zero-order valence-corrected chi connectivity index (χ0v) is 18.8. The highest BCUT2D eigenvalue weighted by Gasteiger charge is 2.26. The second-order valence-corrected chi connectivity index (χ2v) is 10.1. The number of rotatable bonds is 6. The third-order valence-electron chi connectivity index (χ3n) is 4.97. The van der Waals surface area contributed by atoms with Crippen LogP contribution in [0.15, 0.2) is 70.6 Å². The predicted molar refractivity (Wildman–Crippen MR) is 122 cm³/mol. The quantitative estimate of drug-likeness (QED) is 0.440. The van der Waals surface area contributed by atoms with E-state index in [0.717, 1.165) is 28.1 Å². The summed E-state index contributed by atoms with van der Waals surface area (Å²) in [6.45, 7) is 1.51. The lowest BCUT2D eigenvalue weighted by atomic mass is 10.1. The third-order valence-corrected chi connectivity index (χ3v) is 7.62. The van der Waals surface area contributed by atoms with E-state index in [2.05, 4.69) is 10.3 Å². The van der Waals surface area contributed by atoms with Crippen molar-refractivity contribution in [2.24, 2.45) is 0 Å². The van der Waals surface area contributed by atoms with Gasteiger partial charge in [-0.2, -0.15) is 8.78 Å². The van der Waals surface area contributed by atoms with E-state index in [1.54, 1.807) is 0 Å². The van der Waals surface area contributed by atoms with Crippen LogP contribution in [0.1, 0.15) is 5.56 Å². The van der Waals surface area contributed by atoms with E-state index in [9.17, 15) is 26.8 Å². The van der Waals surface area contributed by atoms with Crippen LogP contribution in [0.25, 0.3) is 20.7 Å². The Bertz CT molecular complexity index is 1500. The second-order valence-electron chi connectivity index (χ2n) is 7.16. The van der Waals surface area contributed by atoms with Crippen LogP contribution in [-0.2, 0) is 21.2 Å². The number of alkyl halides is 2. The molecule has 0 saturated carbocycles. The number of nitrogens with zero attached hydrogens (tertiary/aromatic N) is 2. The van der Waals surface area contributed by atoms with Gasteiger partial charge < -0.3 is 5.32 Å². The van der Waals surface area contributed by atoms with E-state index in [1.165, 1.54) is 34.4 Å². The minimum absolute atomic E-state index is 0.202. The molecule has 2 aromatic heterocycles. The smallest absolute Gasteiger partial charge is 0.325 e. The van der Waals surface area contributed by atoms with Crippen molar-refractivity contribution in [3.05, 3.63) is 76.8 Å². The standard InChI is InChI=1S/C22H17F2N3O4S2/c1-13-18-20(32-19(13)14-5-3-2-4-6-14)25-12-27(21(18)29)11-17(28)26-15-7-9-16(10-8-15)33(30,31)22(23)24/h2-10,12,22H,11H2,1H3,(H,26,28). The maximum Gasteiger partial charge on any atom is 0.341 e. The van der Waals surface area contributed by atoms with Crippen LogP contribution in [0.5, 0.6) is 0 Å². The second kappa shape index (κ2) is 8.83. The van der Waals surface area contributed by atoms with Crippen molar-refractivity contribution < 1.29 is 22.0 Å². The molecule has 0 aliphatic rings. The number of halogens is 2. The first kappa shape index (κ1) is 22.7. The van der Waals surface area contributed by atoms with Gasteiger partial charge in [-0.3, -0.25) is 14.2 Å². The van der Waals surface area contributed by atoms with Crippen molar-refractivity contribution >= 4 is 43.0 Å². The van der Waals surface area contributed by atoms with E-state index in [0.29, 0.717) is 10.2 Å². The maximum atomic E-state index is 13.0. The van der Waals surface area contributed by atoms with Gasteiger partial charge in [0.1, 0.15) is 11.4 Å². The number of hydrogen-bond acceptors (Lipinski definition) is 6. The van der Waals surface area contributed by atoms with Gasteiger partial charge in [-0.05, 0) is 42.3 Å². The summed E-state index contributed by atoms with van der Waals surface area (Å²) in [5.74, 6) is -4.09. The molecule has 0 aliphatic carbocycles. The molecule has 2 aromatic carbocycles. The number of carbonyl (C=O) groups excluding carboxylic acids is 1. The summed E-state index contributed by atoms with van der Waals surface area (Å²) in [4.78, 5) is 30.7. The Morgan fingerprint density at radius 3 is 2.42 bits per heavy atom. The van der Waals surface area contributed by atoms with Crippen molar-refractivity contribution in [3.63, 3.8) is 0 Å². The minimum Gasteiger partial charge on any atom is -0.325 e. The fourth-order valence-electron chi connectivity index (χ4n) is 3.32.